The van der Waals surface area contributed by atoms with E-state index in [1.807, 2.05) is 53.4 Å². The Kier molecular flexibility index (Phi) is 5.19. The minimum atomic E-state index is 0.353. The number of hydrogen-bond donors (Lipinski definition) is 0. The van der Waals surface area contributed by atoms with Gasteiger partial charge in [-0.1, -0.05) is 0 Å². The molecule has 7 rings (SSSR count). The first-order chi connectivity index (χ1) is 20.1. The second-order valence-electron chi connectivity index (χ2n) is 9.54. The third-order valence-corrected chi connectivity index (χ3v) is 7.12. The Bertz CT molecular complexity index is 2220. The maximum Gasteiger partial charge on any atom is 0.137 e. The Hall–Kier alpha value is -6.54. The third kappa shape index (κ3) is 3.79. The minimum Gasteiger partial charge on any atom is -0.456 e. The average Bonchev–Trinajstić information content (AvgIpc) is 3.57. The lowest BCUT2D eigenvalue weighted by molar-refractivity contribution is 0.669. The molecule has 2 heterocycles. The van der Waals surface area contributed by atoms with Crippen molar-refractivity contribution in [3.63, 3.8) is 0 Å². The van der Waals surface area contributed by atoms with E-state index in [9.17, 15) is 21.0 Å². The summed E-state index contributed by atoms with van der Waals surface area (Å²) in [5.74, 6) is 0. The number of fused-ring (bicyclic) bond motifs is 6. The van der Waals surface area contributed by atoms with Gasteiger partial charge in [-0.05, 0) is 78.9 Å². The van der Waals surface area contributed by atoms with E-state index in [2.05, 4.69) is 24.3 Å². The van der Waals surface area contributed by atoms with Crippen molar-refractivity contribution in [1.82, 2.24) is 0 Å². The molecule has 0 saturated carbocycles. The minimum absolute atomic E-state index is 0.353. The van der Waals surface area contributed by atoms with Gasteiger partial charge >= 0.3 is 0 Å². The van der Waals surface area contributed by atoms with Gasteiger partial charge in [0.1, 0.15) is 22.3 Å². The van der Waals surface area contributed by atoms with E-state index in [-0.39, 0.29) is 0 Å². The summed E-state index contributed by atoms with van der Waals surface area (Å²) < 4.78 is 12.3. The summed E-state index contributed by atoms with van der Waals surface area (Å²) in [5, 5.41) is 41.6. The third-order valence-electron chi connectivity index (χ3n) is 7.12. The predicted molar refractivity (Wildman–Crippen MR) is 155 cm³/mol. The number of furan rings is 2. The Morgan fingerprint density at radius 3 is 1.20 bits per heavy atom. The molecule has 7 nitrogen and oxygen atoms in total. The van der Waals surface area contributed by atoms with Crippen LogP contribution in [0, 0.1) is 45.3 Å². The fourth-order valence-electron chi connectivity index (χ4n) is 5.27. The molecule has 0 amide bonds. The number of anilines is 3. The van der Waals surface area contributed by atoms with Gasteiger partial charge in [0.25, 0.3) is 0 Å². The van der Waals surface area contributed by atoms with Crippen LogP contribution in [0.4, 0.5) is 17.1 Å². The van der Waals surface area contributed by atoms with Crippen LogP contribution in [-0.4, -0.2) is 0 Å². The molecule has 5 aromatic carbocycles. The SMILES string of the molecule is N#Cc1cc(C#N)cc(N(c2ccc3c(c2)oc2cc(C#N)ccc23)c2ccc3c(c2)oc2cc(C#N)ccc23)c1. The summed E-state index contributed by atoms with van der Waals surface area (Å²) >= 11 is 0. The molecule has 7 aromatic rings. The number of nitrogens with zero attached hydrogens (tertiary/aromatic N) is 5. The topological polar surface area (TPSA) is 125 Å². The highest BCUT2D eigenvalue weighted by Crippen LogP contribution is 2.41. The first-order valence-electron chi connectivity index (χ1n) is 12.6. The molecule has 7 heteroatoms. The van der Waals surface area contributed by atoms with Crippen molar-refractivity contribution >= 4 is 60.9 Å². The maximum atomic E-state index is 9.68. The van der Waals surface area contributed by atoms with E-state index in [1.54, 1.807) is 42.5 Å². The molecule has 0 bridgehead atoms. The van der Waals surface area contributed by atoms with Crippen molar-refractivity contribution < 1.29 is 8.83 Å². The van der Waals surface area contributed by atoms with Crippen LogP contribution in [0.1, 0.15) is 22.3 Å². The van der Waals surface area contributed by atoms with Crippen LogP contribution >= 0.6 is 0 Å². The van der Waals surface area contributed by atoms with Crippen LogP contribution in [0.15, 0.2) is 99.8 Å². The lowest BCUT2D eigenvalue weighted by Crippen LogP contribution is -2.10. The Labute approximate surface area is 233 Å². The van der Waals surface area contributed by atoms with Gasteiger partial charge in [0.05, 0.1) is 46.5 Å². The van der Waals surface area contributed by atoms with Crippen LogP contribution in [0.2, 0.25) is 0 Å². The van der Waals surface area contributed by atoms with Crippen LogP contribution in [0.5, 0.6) is 0 Å². The Balaban J connectivity index is 1.46. The summed E-state index contributed by atoms with van der Waals surface area (Å²) in [6, 6.07) is 35.9. The zero-order chi connectivity index (χ0) is 28.1. The van der Waals surface area contributed by atoms with Gasteiger partial charge in [0.2, 0.25) is 0 Å². The molecule has 0 fully saturated rings. The van der Waals surface area contributed by atoms with Gasteiger partial charge in [-0.15, -0.1) is 0 Å². The van der Waals surface area contributed by atoms with Crippen molar-refractivity contribution in [1.29, 1.82) is 21.0 Å². The number of rotatable bonds is 3. The summed E-state index contributed by atoms with van der Waals surface area (Å²) in [5.41, 5.74) is 6.29. The van der Waals surface area contributed by atoms with E-state index in [0.29, 0.717) is 50.3 Å². The normalized spacial score (nSPS) is 10.8. The first kappa shape index (κ1) is 23.6. The van der Waals surface area contributed by atoms with Crippen molar-refractivity contribution in [3.8, 4) is 24.3 Å². The molecule has 0 atom stereocenters. The number of nitriles is 4. The van der Waals surface area contributed by atoms with Crippen molar-refractivity contribution in [2.75, 3.05) is 4.90 Å². The molecule has 0 aliphatic rings. The summed E-state index contributed by atoms with van der Waals surface area (Å²) in [7, 11) is 0. The molecule has 0 radical (unpaired) electrons. The van der Waals surface area contributed by atoms with Crippen LogP contribution < -0.4 is 4.90 Å². The van der Waals surface area contributed by atoms with E-state index < -0.39 is 0 Å². The Morgan fingerprint density at radius 2 is 0.780 bits per heavy atom. The molecule has 188 valence electrons. The molecule has 0 saturated heterocycles. The molecule has 0 N–H and O–H groups in total. The van der Waals surface area contributed by atoms with Gasteiger partial charge in [-0.3, -0.25) is 0 Å². The number of hydrogen-bond acceptors (Lipinski definition) is 7. The zero-order valence-corrected chi connectivity index (χ0v) is 21.2. The quantitative estimate of drug-likeness (QED) is 0.227. The molecule has 41 heavy (non-hydrogen) atoms. The molecule has 2 aromatic heterocycles. The summed E-state index contributed by atoms with van der Waals surface area (Å²) in [4.78, 5) is 1.93. The van der Waals surface area contributed by atoms with Gasteiger partial charge in [-0.25, -0.2) is 0 Å². The molecule has 0 aliphatic heterocycles. The van der Waals surface area contributed by atoms with Gasteiger partial charge in [0.15, 0.2) is 0 Å². The van der Waals surface area contributed by atoms with Crippen LogP contribution in [0.3, 0.4) is 0 Å². The molecule has 0 aliphatic carbocycles. The van der Waals surface area contributed by atoms with Crippen molar-refractivity contribution in [3.05, 3.63) is 113 Å². The summed E-state index contributed by atoms with van der Waals surface area (Å²) in [6.07, 6.45) is 0. The van der Waals surface area contributed by atoms with Gasteiger partial charge < -0.3 is 13.7 Å². The lowest BCUT2D eigenvalue weighted by atomic mass is 10.1. The van der Waals surface area contributed by atoms with Crippen LogP contribution in [-0.2, 0) is 0 Å². The standard InChI is InChI=1S/C34H15N5O2/c35-16-20-1-5-27-29-7-3-24(14-33(29)40-31(27)12-20)39(26-10-22(18-37)9-23(11-26)19-38)25-4-8-30-28-6-2-21(17-36)13-32(28)41-34(30)15-25/h1-15H. The first-order valence-corrected chi connectivity index (χ1v) is 12.6. The van der Waals surface area contributed by atoms with E-state index in [0.717, 1.165) is 32.9 Å². The summed E-state index contributed by atoms with van der Waals surface area (Å²) in [6.45, 7) is 0. The average molecular weight is 526 g/mol. The number of benzene rings is 5. The lowest BCUT2D eigenvalue weighted by Gasteiger charge is -2.25. The Morgan fingerprint density at radius 1 is 0.390 bits per heavy atom. The van der Waals surface area contributed by atoms with Crippen molar-refractivity contribution in [2.45, 2.75) is 0 Å². The monoisotopic (exact) mass is 525 g/mol. The fourth-order valence-corrected chi connectivity index (χ4v) is 5.27. The van der Waals surface area contributed by atoms with Crippen LogP contribution in [0.25, 0.3) is 43.9 Å². The zero-order valence-electron chi connectivity index (χ0n) is 21.2. The molecular formula is C34H15N5O2. The molecule has 0 unspecified atom stereocenters. The van der Waals surface area contributed by atoms with Crippen molar-refractivity contribution in [2.24, 2.45) is 0 Å². The smallest absolute Gasteiger partial charge is 0.137 e. The van der Waals surface area contributed by atoms with E-state index in [4.69, 9.17) is 8.83 Å². The highest BCUT2D eigenvalue weighted by molar-refractivity contribution is 6.08. The maximum absolute atomic E-state index is 9.68. The highest BCUT2D eigenvalue weighted by atomic mass is 16.3. The largest absolute Gasteiger partial charge is 0.456 e. The fraction of sp³-hybridized carbons (Fsp3) is 0. The van der Waals surface area contributed by atoms with Gasteiger partial charge in [-0.2, -0.15) is 21.0 Å². The molecular weight excluding hydrogens is 510 g/mol. The second kappa shape index (κ2) is 9.04. The second-order valence-corrected chi connectivity index (χ2v) is 9.54. The predicted octanol–water partition coefficient (Wildman–Crippen LogP) is 8.44. The van der Waals surface area contributed by atoms with E-state index >= 15 is 0 Å². The highest BCUT2D eigenvalue weighted by Gasteiger charge is 2.19. The van der Waals surface area contributed by atoms with E-state index in [1.165, 1.54) is 0 Å². The van der Waals surface area contributed by atoms with Gasteiger partial charge in [0, 0.05) is 50.7 Å². The molecule has 0 spiro atoms.